The highest BCUT2D eigenvalue weighted by atomic mass is 79.9. The van der Waals surface area contributed by atoms with Gasteiger partial charge in [-0.05, 0) is 54.1 Å². The summed E-state index contributed by atoms with van der Waals surface area (Å²) in [6, 6.07) is 0.590. The van der Waals surface area contributed by atoms with Crippen LogP contribution < -0.4 is 5.32 Å². The van der Waals surface area contributed by atoms with Crippen LogP contribution in [0.3, 0.4) is 0 Å². The molecule has 1 heterocycles. The molecule has 0 aliphatic carbocycles. The second-order valence-corrected chi connectivity index (χ2v) is 6.13. The van der Waals surface area contributed by atoms with Gasteiger partial charge in [0.1, 0.15) is 0 Å². The van der Waals surface area contributed by atoms with E-state index in [4.69, 9.17) is 0 Å². The second kappa shape index (κ2) is 8.05. The van der Waals surface area contributed by atoms with Gasteiger partial charge < -0.3 is 5.32 Å². The Morgan fingerprint density at radius 2 is 2.00 bits per heavy atom. The number of rotatable bonds is 8. The minimum atomic E-state index is 0.590. The van der Waals surface area contributed by atoms with E-state index in [0.717, 1.165) is 19.4 Å². The quantitative estimate of drug-likeness (QED) is 0.788. The molecule has 0 saturated heterocycles. The summed E-state index contributed by atoms with van der Waals surface area (Å²) in [6.07, 6.45) is 4.42. The Bertz CT molecular complexity index is 387. The summed E-state index contributed by atoms with van der Waals surface area (Å²) in [5.41, 5.74) is 2.49. The van der Waals surface area contributed by atoms with Crippen LogP contribution in [-0.4, -0.2) is 22.4 Å². The molecule has 1 aromatic rings. The lowest BCUT2D eigenvalue weighted by Gasteiger charge is -2.24. The van der Waals surface area contributed by atoms with E-state index in [1.807, 2.05) is 11.7 Å². The molecule has 3 nitrogen and oxygen atoms in total. The Balaban J connectivity index is 2.74. The van der Waals surface area contributed by atoms with E-state index >= 15 is 0 Å². The van der Waals surface area contributed by atoms with Gasteiger partial charge in [0.15, 0.2) is 0 Å². The lowest BCUT2D eigenvalue weighted by atomic mass is 9.94. The molecule has 0 aliphatic rings. The average molecular weight is 330 g/mol. The van der Waals surface area contributed by atoms with Crippen molar-refractivity contribution in [3.8, 4) is 0 Å². The van der Waals surface area contributed by atoms with Gasteiger partial charge in [-0.2, -0.15) is 5.10 Å². The summed E-state index contributed by atoms with van der Waals surface area (Å²) in [6.45, 7) is 10.1. The topological polar surface area (TPSA) is 29.9 Å². The SMILES string of the molecule is CCCNC(CC)C(C)Cc1c(Br)c(CC)nn1C. The van der Waals surface area contributed by atoms with Crippen molar-refractivity contribution in [2.45, 2.75) is 59.4 Å². The van der Waals surface area contributed by atoms with Crippen molar-refractivity contribution in [2.24, 2.45) is 13.0 Å². The third-order valence-corrected chi connectivity index (χ3v) is 4.72. The van der Waals surface area contributed by atoms with Gasteiger partial charge in [0.25, 0.3) is 0 Å². The van der Waals surface area contributed by atoms with Crippen LogP contribution in [0, 0.1) is 5.92 Å². The van der Waals surface area contributed by atoms with Gasteiger partial charge in [-0.3, -0.25) is 4.68 Å². The summed E-state index contributed by atoms with van der Waals surface area (Å²) >= 11 is 3.71. The minimum Gasteiger partial charge on any atom is -0.314 e. The molecule has 0 aromatic carbocycles. The van der Waals surface area contributed by atoms with Crippen LogP contribution in [0.1, 0.15) is 51.9 Å². The molecule has 0 fully saturated rings. The fourth-order valence-corrected chi connectivity index (χ4v) is 3.34. The van der Waals surface area contributed by atoms with Gasteiger partial charge >= 0.3 is 0 Å². The number of halogens is 1. The molecule has 110 valence electrons. The molecule has 2 atom stereocenters. The van der Waals surface area contributed by atoms with Gasteiger partial charge in [-0.1, -0.05) is 27.7 Å². The van der Waals surface area contributed by atoms with Crippen LogP contribution in [0.4, 0.5) is 0 Å². The smallest absolute Gasteiger partial charge is 0.0766 e. The first-order valence-electron chi connectivity index (χ1n) is 7.48. The zero-order valence-corrected chi connectivity index (χ0v) is 14.5. The lowest BCUT2D eigenvalue weighted by molar-refractivity contribution is 0.359. The lowest BCUT2D eigenvalue weighted by Crippen LogP contribution is -2.36. The molecule has 1 rings (SSSR count). The molecule has 0 bridgehead atoms. The third-order valence-electron chi connectivity index (χ3n) is 3.80. The van der Waals surface area contributed by atoms with Crippen molar-refractivity contribution >= 4 is 15.9 Å². The van der Waals surface area contributed by atoms with Gasteiger partial charge in [0.05, 0.1) is 15.9 Å². The number of hydrogen-bond acceptors (Lipinski definition) is 2. The maximum atomic E-state index is 4.58. The first-order valence-corrected chi connectivity index (χ1v) is 8.27. The monoisotopic (exact) mass is 329 g/mol. The first-order chi connectivity index (χ1) is 9.04. The van der Waals surface area contributed by atoms with Crippen LogP contribution >= 0.6 is 15.9 Å². The Morgan fingerprint density at radius 3 is 2.47 bits per heavy atom. The van der Waals surface area contributed by atoms with Crippen LogP contribution in [0.25, 0.3) is 0 Å². The maximum Gasteiger partial charge on any atom is 0.0766 e. The fourth-order valence-electron chi connectivity index (χ4n) is 2.57. The van der Waals surface area contributed by atoms with E-state index in [9.17, 15) is 0 Å². The van der Waals surface area contributed by atoms with Crippen molar-refractivity contribution in [3.63, 3.8) is 0 Å². The predicted molar refractivity (Wildman–Crippen MR) is 85.5 cm³/mol. The molecule has 19 heavy (non-hydrogen) atoms. The first kappa shape index (κ1) is 16.7. The van der Waals surface area contributed by atoms with E-state index in [1.54, 1.807) is 0 Å². The number of nitrogens with one attached hydrogen (secondary N) is 1. The van der Waals surface area contributed by atoms with Crippen LogP contribution in [0.15, 0.2) is 4.47 Å². The van der Waals surface area contributed by atoms with Gasteiger partial charge in [-0.15, -0.1) is 0 Å². The Labute approximate surface area is 126 Å². The molecular weight excluding hydrogens is 302 g/mol. The van der Waals surface area contributed by atoms with E-state index in [1.165, 1.54) is 28.7 Å². The summed E-state index contributed by atoms with van der Waals surface area (Å²) < 4.78 is 3.24. The normalized spacial score (nSPS) is 14.6. The number of aryl methyl sites for hydroxylation is 2. The number of aromatic nitrogens is 2. The molecule has 1 aromatic heterocycles. The molecule has 0 spiro atoms. The Kier molecular flexibility index (Phi) is 7.08. The Morgan fingerprint density at radius 1 is 1.32 bits per heavy atom. The fraction of sp³-hybridized carbons (Fsp3) is 0.800. The largest absolute Gasteiger partial charge is 0.314 e. The van der Waals surface area contributed by atoms with Crippen molar-refractivity contribution in [1.29, 1.82) is 0 Å². The van der Waals surface area contributed by atoms with Crippen molar-refractivity contribution in [3.05, 3.63) is 15.9 Å². The predicted octanol–water partition coefficient (Wildman–Crippen LogP) is 3.70. The van der Waals surface area contributed by atoms with E-state index in [2.05, 4.69) is 54.0 Å². The number of hydrogen-bond donors (Lipinski definition) is 1. The van der Waals surface area contributed by atoms with Crippen molar-refractivity contribution in [2.75, 3.05) is 6.54 Å². The molecule has 1 N–H and O–H groups in total. The average Bonchev–Trinajstić information content (AvgIpc) is 2.67. The van der Waals surface area contributed by atoms with E-state index in [0.29, 0.717) is 12.0 Å². The zero-order chi connectivity index (χ0) is 14.4. The molecule has 0 aliphatic heterocycles. The summed E-state index contributed by atoms with van der Waals surface area (Å²) in [4.78, 5) is 0. The molecular formula is C15H28BrN3. The van der Waals surface area contributed by atoms with Crippen LogP contribution in [-0.2, 0) is 19.9 Å². The number of nitrogens with zero attached hydrogens (tertiary/aromatic N) is 2. The van der Waals surface area contributed by atoms with Gasteiger partial charge in [-0.25, -0.2) is 0 Å². The summed E-state index contributed by atoms with van der Waals surface area (Å²) in [5.74, 6) is 0.618. The summed E-state index contributed by atoms with van der Waals surface area (Å²) in [5, 5.41) is 8.23. The molecule has 0 radical (unpaired) electrons. The van der Waals surface area contributed by atoms with E-state index < -0.39 is 0 Å². The van der Waals surface area contributed by atoms with Gasteiger partial charge in [0, 0.05) is 13.1 Å². The maximum absolute atomic E-state index is 4.58. The zero-order valence-electron chi connectivity index (χ0n) is 13.0. The summed E-state index contributed by atoms with van der Waals surface area (Å²) in [7, 11) is 2.05. The highest BCUT2D eigenvalue weighted by Crippen LogP contribution is 2.25. The minimum absolute atomic E-state index is 0.590. The van der Waals surface area contributed by atoms with Crippen molar-refractivity contribution < 1.29 is 0 Å². The molecule has 4 heteroatoms. The van der Waals surface area contributed by atoms with Crippen molar-refractivity contribution in [1.82, 2.24) is 15.1 Å². The standard InChI is InChI=1S/C15H28BrN3/c1-6-9-17-12(7-2)11(4)10-14-15(16)13(8-3)18-19(14)5/h11-12,17H,6-10H2,1-5H3. The molecule has 0 saturated carbocycles. The molecule has 0 amide bonds. The van der Waals surface area contributed by atoms with Crippen LogP contribution in [0.2, 0.25) is 0 Å². The molecule has 2 unspecified atom stereocenters. The van der Waals surface area contributed by atoms with E-state index in [-0.39, 0.29) is 0 Å². The van der Waals surface area contributed by atoms with Crippen LogP contribution in [0.5, 0.6) is 0 Å². The third kappa shape index (κ3) is 4.32. The second-order valence-electron chi connectivity index (χ2n) is 5.33. The Hall–Kier alpha value is -0.350. The highest BCUT2D eigenvalue weighted by Gasteiger charge is 2.20. The highest BCUT2D eigenvalue weighted by molar-refractivity contribution is 9.10. The van der Waals surface area contributed by atoms with Gasteiger partial charge in [0.2, 0.25) is 0 Å².